The zero-order valence-electron chi connectivity index (χ0n) is 23.7. The fraction of sp³-hybridized carbons (Fsp3) is 0.516. The van der Waals surface area contributed by atoms with Gasteiger partial charge in [-0.3, -0.25) is 14.4 Å². The number of fused-ring (bicyclic) bond motifs is 1. The van der Waals surface area contributed by atoms with Gasteiger partial charge < -0.3 is 25.4 Å². The summed E-state index contributed by atoms with van der Waals surface area (Å²) in [6, 6.07) is 12.4. The molecule has 214 valence electrons. The maximum atomic E-state index is 14.2. The highest BCUT2D eigenvalue weighted by Crippen LogP contribution is 2.71. The van der Waals surface area contributed by atoms with Crippen molar-refractivity contribution in [1.29, 1.82) is 0 Å². The summed E-state index contributed by atoms with van der Waals surface area (Å²) in [6.45, 7) is 8.85. The van der Waals surface area contributed by atoms with E-state index in [-0.39, 0.29) is 24.3 Å². The van der Waals surface area contributed by atoms with Crippen LogP contribution in [0.1, 0.15) is 50.7 Å². The second-order valence-electron chi connectivity index (χ2n) is 11.4. The van der Waals surface area contributed by atoms with E-state index in [1.54, 1.807) is 28.8 Å². The summed E-state index contributed by atoms with van der Waals surface area (Å²) >= 11 is 1.66. The number of amides is 3. The molecule has 1 spiro atoms. The van der Waals surface area contributed by atoms with Crippen LogP contribution in [0.5, 0.6) is 5.75 Å². The Morgan fingerprint density at radius 3 is 2.40 bits per heavy atom. The first-order chi connectivity index (χ1) is 19.1. The molecule has 5 rings (SSSR count). The molecule has 2 bridgehead atoms. The number of carbonyl (C=O) groups is 3. The summed E-state index contributed by atoms with van der Waals surface area (Å²) in [6.07, 6.45) is 2.57. The summed E-state index contributed by atoms with van der Waals surface area (Å²) in [5, 5.41) is 15.6. The van der Waals surface area contributed by atoms with E-state index < -0.39 is 27.4 Å². The predicted octanol–water partition coefficient (Wildman–Crippen LogP) is 4.53. The Balaban J connectivity index is 1.46. The van der Waals surface area contributed by atoms with Gasteiger partial charge in [0, 0.05) is 29.3 Å². The van der Waals surface area contributed by atoms with Crippen LogP contribution in [-0.2, 0) is 14.4 Å². The third-order valence-electron chi connectivity index (χ3n) is 8.78. The summed E-state index contributed by atoms with van der Waals surface area (Å²) in [4.78, 5) is 43.8. The molecule has 3 aliphatic rings. The Kier molecular flexibility index (Phi) is 7.90. The molecule has 40 heavy (non-hydrogen) atoms. The average Bonchev–Trinajstić information content (AvgIpc) is 3.48. The predicted molar refractivity (Wildman–Crippen MR) is 158 cm³/mol. The number of ether oxygens (including phenoxy) is 1. The van der Waals surface area contributed by atoms with Gasteiger partial charge >= 0.3 is 0 Å². The SMILES string of the molecule is CCOc1ccc(NC(=O)[C@@H]2[C@H]3C(=O)N(CCCCO)C(C(=O)Nc4c(C)cccc4C)C34CC[C@@]2(C)S4)cc1. The molecule has 3 amide bonds. The number of aliphatic hydroxyl groups excluding tert-OH is 1. The summed E-state index contributed by atoms with van der Waals surface area (Å²) in [5.41, 5.74) is 3.33. The molecule has 2 unspecified atom stereocenters. The second-order valence-corrected chi connectivity index (χ2v) is 13.3. The zero-order chi connectivity index (χ0) is 28.7. The highest BCUT2D eigenvalue weighted by atomic mass is 32.2. The molecule has 3 heterocycles. The van der Waals surface area contributed by atoms with Crippen molar-refractivity contribution < 1.29 is 24.2 Å². The van der Waals surface area contributed by atoms with Gasteiger partial charge in [0.15, 0.2) is 0 Å². The number of carbonyl (C=O) groups excluding carboxylic acids is 3. The number of thioether (sulfide) groups is 1. The van der Waals surface area contributed by atoms with Crippen molar-refractivity contribution in [2.24, 2.45) is 11.8 Å². The van der Waals surface area contributed by atoms with Gasteiger partial charge in [-0.05, 0) is 88.8 Å². The third kappa shape index (κ3) is 4.77. The average molecular weight is 566 g/mol. The van der Waals surface area contributed by atoms with Crippen LogP contribution in [0.15, 0.2) is 42.5 Å². The summed E-state index contributed by atoms with van der Waals surface area (Å²) < 4.78 is 4.37. The number of nitrogens with zero attached hydrogens (tertiary/aromatic N) is 1. The number of aryl methyl sites for hydroxylation is 2. The Hall–Kier alpha value is -3.04. The van der Waals surface area contributed by atoms with Gasteiger partial charge in [-0.25, -0.2) is 0 Å². The lowest BCUT2D eigenvalue weighted by Gasteiger charge is -2.35. The van der Waals surface area contributed by atoms with E-state index in [9.17, 15) is 19.5 Å². The first kappa shape index (κ1) is 28.5. The molecule has 2 aromatic rings. The van der Waals surface area contributed by atoms with Crippen LogP contribution in [0.25, 0.3) is 0 Å². The molecule has 0 saturated carbocycles. The van der Waals surface area contributed by atoms with E-state index in [0.29, 0.717) is 38.1 Å². The van der Waals surface area contributed by atoms with Crippen LogP contribution in [0.2, 0.25) is 0 Å². The Bertz CT molecular complexity index is 1280. The van der Waals surface area contributed by atoms with Crippen LogP contribution in [0.3, 0.4) is 0 Å². The first-order valence-corrected chi connectivity index (χ1v) is 15.0. The molecule has 3 saturated heterocycles. The molecule has 9 heteroatoms. The molecule has 3 fully saturated rings. The third-order valence-corrected chi connectivity index (χ3v) is 10.8. The van der Waals surface area contributed by atoms with Gasteiger partial charge in [-0.15, -0.1) is 11.8 Å². The molecular weight excluding hydrogens is 526 g/mol. The molecule has 8 nitrogen and oxygen atoms in total. The lowest BCUT2D eigenvalue weighted by atomic mass is 9.66. The standard InChI is InChI=1S/C31H39N3O5S/c1-5-39-22-13-11-21(12-14-22)32-27(36)23-24-29(38)34(17-6-7-18-35)26(31(24)16-15-30(23,4)40-31)28(37)33-25-19(2)9-8-10-20(25)3/h8-14,23-24,26,35H,5-7,15-18H2,1-4H3,(H,32,36)(H,33,37)/t23-,24-,26?,30+,31?/m0/s1. The number of rotatable bonds is 10. The van der Waals surface area contributed by atoms with Crippen molar-refractivity contribution in [3.63, 3.8) is 0 Å². The Labute approximate surface area is 240 Å². The maximum Gasteiger partial charge on any atom is 0.248 e. The van der Waals surface area contributed by atoms with Gasteiger partial charge in [0.05, 0.1) is 23.2 Å². The number of aliphatic hydroxyl groups is 1. The van der Waals surface area contributed by atoms with E-state index in [4.69, 9.17) is 4.74 Å². The first-order valence-electron chi connectivity index (χ1n) is 14.2. The Morgan fingerprint density at radius 1 is 1.05 bits per heavy atom. The van der Waals surface area contributed by atoms with Crippen molar-refractivity contribution in [2.75, 3.05) is 30.4 Å². The van der Waals surface area contributed by atoms with E-state index in [2.05, 4.69) is 17.6 Å². The molecule has 2 aromatic carbocycles. The van der Waals surface area contributed by atoms with Crippen molar-refractivity contribution in [2.45, 2.75) is 68.9 Å². The van der Waals surface area contributed by atoms with Crippen molar-refractivity contribution in [3.8, 4) is 5.75 Å². The van der Waals surface area contributed by atoms with Crippen LogP contribution < -0.4 is 15.4 Å². The number of hydrogen-bond donors (Lipinski definition) is 3. The Morgan fingerprint density at radius 2 is 1.75 bits per heavy atom. The fourth-order valence-corrected chi connectivity index (χ4v) is 9.34. The minimum absolute atomic E-state index is 0.0236. The van der Waals surface area contributed by atoms with Crippen molar-refractivity contribution in [3.05, 3.63) is 53.6 Å². The van der Waals surface area contributed by atoms with Gasteiger partial charge in [-0.1, -0.05) is 18.2 Å². The number of anilines is 2. The summed E-state index contributed by atoms with van der Waals surface area (Å²) in [5.74, 6) is -0.969. The largest absolute Gasteiger partial charge is 0.494 e. The van der Waals surface area contributed by atoms with Gasteiger partial charge in [0.25, 0.3) is 0 Å². The number of hydrogen-bond acceptors (Lipinski definition) is 6. The number of nitrogens with one attached hydrogen (secondary N) is 2. The molecule has 0 aliphatic carbocycles. The van der Waals surface area contributed by atoms with E-state index in [1.807, 2.05) is 51.1 Å². The van der Waals surface area contributed by atoms with Gasteiger partial charge in [0.1, 0.15) is 11.8 Å². The minimum Gasteiger partial charge on any atom is -0.494 e. The molecule has 0 radical (unpaired) electrons. The monoisotopic (exact) mass is 565 g/mol. The number of likely N-dealkylation sites (tertiary alicyclic amines) is 1. The topological polar surface area (TPSA) is 108 Å². The molecular formula is C31H39N3O5S. The fourth-order valence-electron chi connectivity index (χ4n) is 6.99. The molecule has 0 aromatic heterocycles. The molecule has 3 aliphatic heterocycles. The molecule has 3 N–H and O–H groups in total. The van der Waals surface area contributed by atoms with Crippen molar-refractivity contribution in [1.82, 2.24) is 4.90 Å². The number of unbranched alkanes of at least 4 members (excludes halogenated alkanes) is 1. The van der Waals surface area contributed by atoms with Crippen LogP contribution in [0, 0.1) is 25.7 Å². The zero-order valence-corrected chi connectivity index (χ0v) is 24.5. The van der Waals surface area contributed by atoms with E-state index >= 15 is 0 Å². The molecule has 5 atom stereocenters. The van der Waals surface area contributed by atoms with Gasteiger partial charge in [0.2, 0.25) is 17.7 Å². The van der Waals surface area contributed by atoms with Crippen LogP contribution >= 0.6 is 11.8 Å². The highest BCUT2D eigenvalue weighted by molar-refractivity contribution is 8.02. The lowest BCUT2D eigenvalue weighted by molar-refractivity contribution is -0.139. The number of benzene rings is 2. The lowest BCUT2D eigenvalue weighted by Crippen LogP contribution is -2.52. The quantitative estimate of drug-likeness (QED) is 0.366. The maximum absolute atomic E-state index is 14.2. The number of para-hydroxylation sites is 1. The van der Waals surface area contributed by atoms with E-state index in [1.165, 1.54) is 0 Å². The second kappa shape index (κ2) is 11.1. The smallest absolute Gasteiger partial charge is 0.248 e. The van der Waals surface area contributed by atoms with Crippen molar-refractivity contribution >= 4 is 40.9 Å². The minimum atomic E-state index is -0.696. The van der Waals surface area contributed by atoms with Crippen LogP contribution in [0.4, 0.5) is 11.4 Å². The normalized spacial score (nSPS) is 28.5. The summed E-state index contributed by atoms with van der Waals surface area (Å²) in [7, 11) is 0. The van der Waals surface area contributed by atoms with E-state index in [0.717, 1.165) is 29.0 Å². The highest BCUT2D eigenvalue weighted by Gasteiger charge is 2.77. The van der Waals surface area contributed by atoms with Crippen LogP contribution in [-0.4, -0.2) is 63.0 Å². The van der Waals surface area contributed by atoms with Gasteiger partial charge in [-0.2, -0.15) is 0 Å².